The Morgan fingerprint density at radius 1 is 1.06 bits per heavy atom. The summed E-state index contributed by atoms with van der Waals surface area (Å²) in [5.41, 5.74) is 1.55. The molecule has 2 rings (SSSR count). The molecule has 0 spiro atoms. The maximum Gasteiger partial charge on any atom is 0.373 e. The summed E-state index contributed by atoms with van der Waals surface area (Å²) in [4.78, 5) is 16.2. The Labute approximate surface area is 96.7 Å². The van der Waals surface area contributed by atoms with Gasteiger partial charge in [0.25, 0.3) is 0 Å². The molecule has 0 radical (unpaired) electrons. The molecular weight excluding hydrogens is 200 g/mol. The van der Waals surface area contributed by atoms with Crippen molar-refractivity contribution in [2.45, 2.75) is 38.5 Å². The molecule has 0 N–H and O–H groups in total. The summed E-state index contributed by atoms with van der Waals surface area (Å²) < 4.78 is 0. The Kier molecular flexibility index (Phi) is 5.52. The lowest BCUT2D eigenvalue weighted by Gasteiger charge is -2.29. The molecule has 1 fully saturated rings. The molecular formula is C14H18O2. The van der Waals surface area contributed by atoms with Gasteiger partial charge in [-0.15, -0.1) is 0 Å². The first kappa shape index (κ1) is 12.7. The quantitative estimate of drug-likeness (QED) is 0.724. The van der Waals surface area contributed by atoms with Crippen LogP contribution in [0.15, 0.2) is 30.3 Å². The molecule has 1 aliphatic rings. The van der Waals surface area contributed by atoms with E-state index < -0.39 is 0 Å². The van der Waals surface area contributed by atoms with Crippen molar-refractivity contribution in [2.24, 2.45) is 5.92 Å². The fourth-order valence-corrected chi connectivity index (χ4v) is 2.51. The molecule has 86 valence electrons. The Hall–Kier alpha value is -1.40. The van der Waals surface area contributed by atoms with Crippen molar-refractivity contribution < 1.29 is 9.59 Å². The van der Waals surface area contributed by atoms with Gasteiger partial charge in [-0.3, -0.25) is 0 Å². The molecule has 1 aliphatic carbocycles. The second-order valence-electron chi connectivity index (χ2n) is 4.36. The first-order valence-corrected chi connectivity index (χ1v) is 5.83. The maximum atomic E-state index is 8.12. The maximum absolute atomic E-state index is 8.12. The molecule has 0 aliphatic heterocycles. The van der Waals surface area contributed by atoms with Crippen LogP contribution in [-0.4, -0.2) is 6.15 Å². The topological polar surface area (TPSA) is 34.1 Å². The zero-order chi connectivity index (χ0) is 11.8. The second-order valence-corrected chi connectivity index (χ2v) is 4.36. The third kappa shape index (κ3) is 3.63. The van der Waals surface area contributed by atoms with Gasteiger partial charge < -0.3 is 0 Å². The van der Waals surface area contributed by atoms with Gasteiger partial charge in [-0.1, -0.05) is 56.5 Å². The number of rotatable bonds is 1. The van der Waals surface area contributed by atoms with Crippen LogP contribution in [0.1, 0.15) is 44.1 Å². The second kappa shape index (κ2) is 6.97. The van der Waals surface area contributed by atoms with Crippen LogP contribution >= 0.6 is 0 Å². The molecule has 0 heterocycles. The molecule has 1 aromatic rings. The highest BCUT2D eigenvalue weighted by molar-refractivity contribution is 5.20. The van der Waals surface area contributed by atoms with E-state index in [1.54, 1.807) is 5.56 Å². The van der Waals surface area contributed by atoms with Crippen LogP contribution < -0.4 is 0 Å². The van der Waals surface area contributed by atoms with Gasteiger partial charge >= 0.3 is 6.15 Å². The molecule has 0 saturated heterocycles. The van der Waals surface area contributed by atoms with Crippen molar-refractivity contribution in [1.82, 2.24) is 0 Å². The fourth-order valence-electron chi connectivity index (χ4n) is 2.51. The van der Waals surface area contributed by atoms with Gasteiger partial charge in [0.05, 0.1) is 0 Å². The lowest BCUT2D eigenvalue weighted by Crippen LogP contribution is -2.14. The summed E-state index contributed by atoms with van der Waals surface area (Å²) in [6.45, 7) is 2.40. The van der Waals surface area contributed by atoms with Gasteiger partial charge in [-0.2, -0.15) is 9.59 Å². The highest BCUT2D eigenvalue weighted by Crippen LogP contribution is 2.36. The van der Waals surface area contributed by atoms with Crippen molar-refractivity contribution in [2.75, 3.05) is 0 Å². The number of benzene rings is 1. The van der Waals surface area contributed by atoms with Gasteiger partial charge in [-0.05, 0) is 23.8 Å². The van der Waals surface area contributed by atoms with Crippen LogP contribution in [0.4, 0.5) is 0 Å². The van der Waals surface area contributed by atoms with Crippen LogP contribution in [0, 0.1) is 5.92 Å². The normalized spacial score (nSPS) is 23.8. The molecule has 2 heteroatoms. The van der Waals surface area contributed by atoms with Crippen molar-refractivity contribution >= 4 is 6.15 Å². The molecule has 0 bridgehead atoms. The zero-order valence-corrected chi connectivity index (χ0v) is 9.69. The Morgan fingerprint density at radius 3 is 2.19 bits per heavy atom. The van der Waals surface area contributed by atoms with Crippen LogP contribution in [0.2, 0.25) is 0 Å². The third-order valence-corrected chi connectivity index (χ3v) is 3.34. The van der Waals surface area contributed by atoms with Gasteiger partial charge in [0.2, 0.25) is 0 Å². The van der Waals surface area contributed by atoms with E-state index in [1.807, 2.05) is 0 Å². The average Bonchev–Trinajstić information content (AvgIpc) is 2.32. The van der Waals surface area contributed by atoms with E-state index in [2.05, 4.69) is 37.3 Å². The molecule has 0 amide bonds. The molecule has 0 unspecified atom stereocenters. The minimum atomic E-state index is 0.250. The van der Waals surface area contributed by atoms with Gasteiger partial charge in [0, 0.05) is 0 Å². The lowest BCUT2D eigenvalue weighted by molar-refractivity contribution is -0.191. The predicted molar refractivity (Wildman–Crippen MR) is 61.8 cm³/mol. The Balaban J connectivity index is 0.000000386. The van der Waals surface area contributed by atoms with Gasteiger partial charge in [-0.25, -0.2) is 0 Å². The first-order valence-electron chi connectivity index (χ1n) is 5.83. The first-order chi connectivity index (χ1) is 7.79. The predicted octanol–water partition coefficient (Wildman–Crippen LogP) is 3.40. The highest BCUT2D eigenvalue weighted by atomic mass is 16.2. The minimum Gasteiger partial charge on any atom is -0.186 e. The van der Waals surface area contributed by atoms with Crippen LogP contribution in [0.5, 0.6) is 0 Å². The largest absolute Gasteiger partial charge is 0.373 e. The zero-order valence-electron chi connectivity index (χ0n) is 9.69. The summed E-state index contributed by atoms with van der Waals surface area (Å²) in [6.07, 6.45) is 5.92. The van der Waals surface area contributed by atoms with E-state index in [1.165, 1.54) is 25.7 Å². The summed E-state index contributed by atoms with van der Waals surface area (Å²) >= 11 is 0. The SMILES string of the molecule is C[C@@H]1CCCC[C@H]1c1ccccc1.O=C=O. The van der Waals surface area contributed by atoms with Crippen LogP contribution in [0.3, 0.4) is 0 Å². The van der Waals surface area contributed by atoms with E-state index in [0.717, 1.165) is 11.8 Å². The average molecular weight is 218 g/mol. The van der Waals surface area contributed by atoms with Crippen molar-refractivity contribution in [3.63, 3.8) is 0 Å². The van der Waals surface area contributed by atoms with Gasteiger partial charge in [0.15, 0.2) is 0 Å². The smallest absolute Gasteiger partial charge is 0.186 e. The third-order valence-electron chi connectivity index (χ3n) is 3.34. The Morgan fingerprint density at radius 2 is 1.62 bits per heavy atom. The van der Waals surface area contributed by atoms with E-state index >= 15 is 0 Å². The van der Waals surface area contributed by atoms with Gasteiger partial charge in [0.1, 0.15) is 0 Å². The van der Waals surface area contributed by atoms with E-state index in [9.17, 15) is 0 Å². The van der Waals surface area contributed by atoms with Crippen molar-refractivity contribution in [3.05, 3.63) is 35.9 Å². The van der Waals surface area contributed by atoms with E-state index in [0.29, 0.717) is 0 Å². The molecule has 1 aromatic carbocycles. The summed E-state index contributed by atoms with van der Waals surface area (Å²) in [5, 5.41) is 0. The molecule has 2 atom stereocenters. The monoisotopic (exact) mass is 218 g/mol. The molecule has 2 nitrogen and oxygen atoms in total. The Bertz CT molecular complexity index is 326. The van der Waals surface area contributed by atoms with Crippen LogP contribution in [-0.2, 0) is 9.59 Å². The summed E-state index contributed by atoms with van der Waals surface area (Å²) in [5.74, 6) is 1.71. The number of carbonyl (C=O) groups excluding carboxylic acids is 2. The molecule has 16 heavy (non-hydrogen) atoms. The number of hydrogen-bond acceptors (Lipinski definition) is 2. The fraction of sp³-hybridized carbons (Fsp3) is 0.500. The van der Waals surface area contributed by atoms with E-state index in [4.69, 9.17) is 9.59 Å². The lowest BCUT2D eigenvalue weighted by atomic mass is 9.76. The number of hydrogen-bond donors (Lipinski definition) is 0. The standard InChI is InChI=1S/C13H18.CO2/c1-11-7-5-6-10-13(11)12-8-3-2-4-9-12;2-1-3/h2-4,8-9,11,13H,5-7,10H2,1H3;/t11-,13-;/m1./s1. The van der Waals surface area contributed by atoms with Crippen LogP contribution in [0.25, 0.3) is 0 Å². The van der Waals surface area contributed by atoms with Crippen molar-refractivity contribution in [3.8, 4) is 0 Å². The van der Waals surface area contributed by atoms with Crippen molar-refractivity contribution in [1.29, 1.82) is 0 Å². The summed E-state index contributed by atoms with van der Waals surface area (Å²) in [6, 6.07) is 11.0. The molecule has 0 aromatic heterocycles. The minimum absolute atomic E-state index is 0.250. The molecule has 1 saturated carbocycles. The summed E-state index contributed by atoms with van der Waals surface area (Å²) in [7, 11) is 0. The highest BCUT2D eigenvalue weighted by Gasteiger charge is 2.22. The van der Waals surface area contributed by atoms with E-state index in [-0.39, 0.29) is 6.15 Å².